The molecule has 0 fully saturated rings. The van der Waals surface area contributed by atoms with Crippen LogP contribution in [0.5, 0.6) is 5.88 Å². The first-order chi connectivity index (χ1) is 14.3. The molecule has 8 heteroatoms. The average molecular weight is 410 g/mol. The Labute approximate surface area is 172 Å². The van der Waals surface area contributed by atoms with Crippen molar-refractivity contribution in [3.63, 3.8) is 0 Å². The zero-order chi connectivity index (χ0) is 21.7. The van der Waals surface area contributed by atoms with Gasteiger partial charge in [-0.15, -0.1) is 10.2 Å². The average Bonchev–Trinajstić information content (AvgIpc) is 2.77. The third-order valence-corrected chi connectivity index (χ3v) is 4.58. The van der Waals surface area contributed by atoms with Crippen molar-refractivity contribution in [1.82, 2.24) is 15.2 Å². The molecule has 0 atom stereocenters. The first-order valence-corrected chi connectivity index (χ1v) is 9.12. The van der Waals surface area contributed by atoms with E-state index in [0.717, 1.165) is 16.7 Å². The molecule has 3 rings (SSSR count). The number of ether oxygens (including phenoxy) is 1. The van der Waals surface area contributed by atoms with Gasteiger partial charge in [0, 0.05) is 29.0 Å². The number of hydrogen-bond acceptors (Lipinski definition) is 5. The molecule has 2 aromatic heterocycles. The summed E-state index contributed by atoms with van der Waals surface area (Å²) in [5.41, 5.74) is 9.20. The fourth-order valence-electron chi connectivity index (χ4n) is 2.65. The highest BCUT2D eigenvalue weighted by atomic mass is 19.3. The highest BCUT2D eigenvalue weighted by molar-refractivity contribution is 5.93. The molecule has 30 heavy (non-hydrogen) atoms. The Bertz CT molecular complexity index is 1070. The lowest BCUT2D eigenvalue weighted by Gasteiger charge is -2.10. The van der Waals surface area contributed by atoms with Crippen molar-refractivity contribution in [2.24, 2.45) is 5.73 Å². The summed E-state index contributed by atoms with van der Waals surface area (Å²) in [4.78, 5) is 15.4. The zero-order valence-electron chi connectivity index (χ0n) is 16.5. The number of allylic oxidation sites excluding steroid dienone is 1. The van der Waals surface area contributed by atoms with Crippen molar-refractivity contribution in [3.05, 3.63) is 77.1 Å². The fraction of sp³-hybridized carbons (Fsp3) is 0.182. The second kappa shape index (κ2) is 9.21. The highest BCUT2D eigenvalue weighted by Gasteiger charge is 2.10. The summed E-state index contributed by atoms with van der Waals surface area (Å²) in [7, 11) is 0. The van der Waals surface area contributed by atoms with E-state index < -0.39 is 12.3 Å². The number of hydrogen-bond donors (Lipinski definition) is 1. The zero-order valence-corrected chi connectivity index (χ0v) is 16.5. The number of aromatic nitrogens is 3. The maximum absolute atomic E-state index is 12.7. The summed E-state index contributed by atoms with van der Waals surface area (Å²) in [5.74, 6) is -0.182. The maximum atomic E-state index is 12.7. The van der Waals surface area contributed by atoms with E-state index in [0.29, 0.717) is 22.8 Å². The van der Waals surface area contributed by atoms with Crippen LogP contribution in [0.15, 0.2) is 60.3 Å². The third-order valence-electron chi connectivity index (χ3n) is 4.58. The van der Waals surface area contributed by atoms with Gasteiger partial charge in [-0.25, -0.2) is 8.78 Å². The second-order valence-corrected chi connectivity index (χ2v) is 6.67. The quantitative estimate of drug-likeness (QED) is 0.621. The lowest BCUT2D eigenvalue weighted by Crippen LogP contribution is -2.10. The van der Waals surface area contributed by atoms with Gasteiger partial charge >= 0.3 is 0 Å². The number of alkyl halides is 2. The number of carbonyl (C=O) groups excluding carboxylic acids is 1. The Balaban J connectivity index is 1.67. The SMILES string of the molecule is C/C(COc1ccc(-c2cccc(C(N)=O)c2)nn1)=C(\C)c1ccc(C(F)F)cn1. The Hall–Kier alpha value is -3.68. The van der Waals surface area contributed by atoms with Crippen LogP contribution in [0.25, 0.3) is 16.8 Å². The van der Waals surface area contributed by atoms with Crippen molar-refractivity contribution in [1.29, 1.82) is 0 Å². The van der Waals surface area contributed by atoms with Crippen LogP contribution in [-0.4, -0.2) is 27.7 Å². The van der Waals surface area contributed by atoms with Crippen molar-refractivity contribution in [2.75, 3.05) is 6.61 Å². The fourth-order valence-corrected chi connectivity index (χ4v) is 2.65. The van der Waals surface area contributed by atoms with E-state index in [2.05, 4.69) is 15.2 Å². The van der Waals surface area contributed by atoms with Crippen molar-refractivity contribution in [3.8, 4) is 17.1 Å². The van der Waals surface area contributed by atoms with E-state index >= 15 is 0 Å². The number of rotatable bonds is 7. The Kier molecular flexibility index (Phi) is 6.46. The predicted molar refractivity (Wildman–Crippen MR) is 109 cm³/mol. The molecule has 0 aliphatic carbocycles. The number of carbonyl (C=O) groups is 1. The minimum atomic E-state index is -2.54. The van der Waals surface area contributed by atoms with Gasteiger partial charge in [0.25, 0.3) is 6.43 Å². The first kappa shape index (κ1) is 21.0. The normalized spacial score (nSPS) is 11.9. The highest BCUT2D eigenvalue weighted by Crippen LogP contribution is 2.22. The van der Waals surface area contributed by atoms with Crippen LogP contribution in [0.1, 0.15) is 41.9 Å². The lowest BCUT2D eigenvalue weighted by atomic mass is 10.1. The van der Waals surface area contributed by atoms with Crippen LogP contribution in [-0.2, 0) is 0 Å². The molecule has 0 aliphatic heterocycles. The third kappa shape index (κ3) is 5.02. The summed E-state index contributed by atoms with van der Waals surface area (Å²) in [5, 5.41) is 8.18. The minimum Gasteiger partial charge on any atom is -0.472 e. The summed E-state index contributed by atoms with van der Waals surface area (Å²) < 4.78 is 31.0. The van der Waals surface area contributed by atoms with Gasteiger partial charge in [0.2, 0.25) is 11.8 Å². The van der Waals surface area contributed by atoms with Crippen LogP contribution >= 0.6 is 0 Å². The Morgan fingerprint density at radius 2 is 1.90 bits per heavy atom. The summed E-state index contributed by atoms with van der Waals surface area (Å²) in [6.45, 7) is 3.97. The topological polar surface area (TPSA) is 91.0 Å². The van der Waals surface area contributed by atoms with Crippen LogP contribution in [0.4, 0.5) is 8.78 Å². The van der Waals surface area contributed by atoms with Crippen molar-refractivity contribution >= 4 is 11.5 Å². The molecule has 0 saturated carbocycles. The molecule has 2 N–H and O–H groups in total. The van der Waals surface area contributed by atoms with Gasteiger partial charge in [-0.2, -0.15) is 0 Å². The minimum absolute atomic E-state index is 0.114. The van der Waals surface area contributed by atoms with Gasteiger partial charge in [0.1, 0.15) is 6.61 Å². The number of pyridine rings is 1. The van der Waals surface area contributed by atoms with E-state index in [4.69, 9.17) is 10.5 Å². The van der Waals surface area contributed by atoms with Crippen molar-refractivity contribution < 1.29 is 18.3 Å². The Morgan fingerprint density at radius 3 is 2.50 bits per heavy atom. The number of primary amides is 1. The number of amides is 1. The molecule has 0 radical (unpaired) electrons. The van der Waals surface area contributed by atoms with Crippen LogP contribution in [0.2, 0.25) is 0 Å². The molecule has 0 unspecified atom stereocenters. The van der Waals surface area contributed by atoms with Gasteiger partial charge in [-0.05, 0) is 55.3 Å². The number of nitrogens with zero attached hydrogens (tertiary/aromatic N) is 3. The summed E-state index contributed by atoms with van der Waals surface area (Å²) in [6.07, 6.45) is -1.37. The van der Waals surface area contributed by atoms with Crippen molar-refractivity contribution in [2.45, 2.75) is 20.3 Å². The molecular formula is C22H20F2N4O2. The molecule has 6 nitrogen and oxygen atoms in total. The molecule has 2 heterocycles. The monoisotopic (exact) mass is 410 g/mol. The van der Waals surface area contributed by atoms with Gasteiger partial charge in [0.05, 0.1) is 11.4 Å². The van der Waals surface area contributed by atoms with Crippen LogP contribution < -0.4 is 10.5 Å². The largest absolute Gasteiger partial charge is 0.472 e. The molecule has 3 aromatic rings. The molecular weight excluding hydrogens is 390 g/mol. The van der Waals surface area contributed by atoms with Crippen LogP contribution in [0, 0.1) is 0 Å². The number of nitrogens with two attached hydrogens (primary N) is 1. The van der Waals surface area contributed by atoms with Gasteiger partial charge in [0.15, 0.2) is 0 Å². The van der Waals surface area contributed by atoms with E-state index in [1.807, 2.05) is 13.8 Å². The molecule has 1 aromatic carbocycles. The second-order valence-electron chi connectivity index (χ2n) is 6.67. The first-order valence-electron chi connectivity index (χ1n) is 9.12. The summed E-state index contributed by atoms with van der Waals surface area (Å²) >= 11 is 0. The predicted octanol–water partition coefficient (Wildman–Crippen LogP) is 4.45. The lowest BCUT2D eigenvalue weighted by molar-refractivity contribution is 0.1000. The summed E-state index contributed by atoms with van der Waals surface area (Å²) in [6, 6.07) is 13.1. The van der Waals surface area contributed by atoms with E-state index in [1.54, 1.807) is 42.5 Å². The molecule has 0 spiro atoms. The molecule has 0 bridgehead atoms. The van der Waals surface area contributed by atoms with E-state index in [9.17, 15) is 13.6 Å². The molecule has 154 valence electrons. The smallest absolute Gasteiger partial charge is 0.265 e. The number of benzene rings is 1. The van der Waals surface area contributed by atoms with E-state index in [1.165, 1.54) is 12.3 Å². The van der Waals surface area contributed by atoms with E-state index in [-0.39, 0.29) is 12.2 Å². The maximum Gasteiger partial charge on any atom is 0.265 e. The Morgan fingerprint density at radius 1 is 1.10 bits per heavy atom. The molecule has 1 amide bonds. The molecule has 0 saturated heterocycles. The standard InChI is InChI=1S/C22H20F2N4O2/c1-13(14(2)18-7-6-17(11-26-18)21(23)24)12-30-20-9-8-19(27-28-20)15-4-3-5-16(10-15)22(25)29/h3-11,21H,12H2,1-2H3,(H2,25,29)/b14-13-. The number of halogens is 2. The van der Waals surface area contributed by atoms with Gasteiger partial charge < -0.3 is 10.5 Å². The van der Waals surface area contributed by atoms with Gasteiger partial charge in [-0.1, -0.05) is 12.1 Å². The van der Waals surface area contributed by atoms with Crippen LogP contribution in [0.3, 0.4) is 0 Å². The van der Waals surface area contributed by atoms with Gasteiger partial charge in [-0.3, -0.25) is 9.78 Å². The molecule has 0 aliphatic rings.